The molecule has 57 heavy (non-hydrogen) atoms. The summed E-state index contributed by atoms with van der Waals surface area (Å²) in [5.41, 5.74) is -3.10. The number of carbonyl (C=O) groups is 6. The molecule has 12 nitrogen and oxygen atoms in total. The molecule has 0 amide bonds. The van der Waals surface area contributed by atoms with Gasteiger partial charge in [0.15, 0.2) is 0 Å². The summed E-state index contributed by atoms with van der Waals surface area (Å²) in [5, 5.41) is 28.2. The Hall–Kier alpha value is -3.96. The van der Waals surface area contributed by atoms with Crippen molar-refractivity contribution < 1.29 is 58.3 Å². The van der Waals surface area contributed by atoms with Gasteiger partial charge in [-0.1, -0.05) is 64.2 Å². The van der Waals surface area contributed by atoms with Crippen LogP contribution in [0.5, 0.6) is 0 Å². The van der Waals surface area contributed by atoms with E-state index in [1.807, 2.05) is 27.7 Å². The van der Waals surface area contributed by atoms with E-state index in [-0.39, 0.29) is 40.4 Å². The van der Waals surface area contributed by atoms with Crippen molar-refractivity contribution in [1.29, 1.82) is 0 Å². The van der Waals surface area contributed by atoms with Crippen LogP contribution in [0.15, 0.2) is 36.5 Å². The second-order valence-corrected chi connectivity index (χ2v) is 17.9. The van der Waals surface area contributed by atoms with Gasteiger partial charge >= 0.3 is 35.8 Å². The molecule has 9 unspecified atom stereocenters. The van der Waals surface area contributed by atoms with Crippen molar-refractivity contribution in [3.8, 4) is 0 Å². The highest BCUT2D eigenvalue weighted by Gasteiger charge is 2.58. The minimum atomic E-state index is -1.25. The topological polar surface area (TPSA) is 191 Å². The number of hydrogen-bond acceptors (Lipinski definition) is 9. The van der Waals surface area contributed by atoms with E-state index in [1.165, 1.54) is 0 Å². The third-order valence-corrected chi connectivity index (χ3v) is 15.0. The van der Waals surface area contributed by atoms with Crippen LogP contribution < -0.4 is 0 Å². The Morgan fingerprint density at radius 3 is 1.58 bits per heavy atom. The summed E-state index contributed by atoms with van der Waals surface area (Å²) in [6.45, 7) is 7.97. The van der Waals surface area contributed by atoms with Gasteiger partial charge in [-0.25, -0.2) is 0 Å². The fourth-order valence-electron chi connectivity index (χ4n) is 11.8. The van der Waals surface area contributed by atoms with Crippen molar-refractivity contribution in [2.24, 2.45) is 40.4 Å². The first-order valence-corrected chi connectivity index (χ1v) is 21.4. The van der Waals surface area contributed by atoms with Crippen LogP contribution in [-0.4, -0.2) is 67.9 Å². The molecule has 2 saturated carbocycles. The molecule has 6 aliphatic carbocycles. The normalized spacial score (nSPS) is 30.6. The zero-order chi connectivity index (χ0) is 41.6. The molecule has 0 aromatic heterocycles. The summed E-state index contributed by atoms with van der Waals surface area (Å²) in [4.78, 5) is 73.5. The van der Waals surface area contributed by atoms with E-state index in [1.54, 1.807) is 0 Å². The van der Waals surface area contributed by atoms with Crippen molar-refractivity contribution in [3.63, 3.8) is 0 Å². The molecule has 0 aromatic rings. The molecule has 9 atom stereocenters. The van der Waals surface area contributed by atoms with Gasteiger partial charge in [-0.3, -0.25) is 28.8 Å². The first kappa shape index (κ1) is 44.1. The molecule has 0 aliphatic heterocycles. The Morgan fingerprint density at radius 1 is 0.596 bits per heavy atom. The second-order valence-electron chi connectivity index (χ2n) is 17.9. The van der Waals surface area contributed by atoms with Crippen LogP contribution in [0.2, 0.25) is 0 Å². The summed E-state index contributed by atoms with van der Waals surface area (Å²) < 4.78 is 18.6. The average Bonchev–Trinajstić information content (AvgIpc) is 3.77. The number of fused-ring (bicyclic) bond motifs is 4. The number of ether oxygens (including phenoxy) is 3. The van der Waals surface area contributed by atoms with Gasteiger partial charge < -0.3 is 29.5 Å². The third-order valence-electron chi connectivity index (χ3n) is 15.0. The third kappa shape index (κ3) is 9.68. The number of aliphatic carboxylic acids is 3. The maximum absolute atomic E-state index is 13.3. The zero-order valence-corrected chi connectivity index (χ0v) is 34.3. The number of carboxylic acid groups (broad SMARTS) is 3. The highest BCUT2D eigenvalue weighted by atomic mass is 16.6. The number of allylic oxidation sites excluding steroid dienone is 6. The summed E-state index contributed by atoms with van der Waals surface area (Å²) in [6.07, 6.45) is 22.3. The van der Waals surface area contributed by atoms with E-state index >= 15 is 0 Å². The monoisotopic (exact) mass is 796 g/mol. The lowest BCUT2D eigenvalue weighted by atomic mass is 9.54. The van der Waals surface area contributed by atoms with Crippen molar-refractivity contribution in [2.45, 2.75) is 166 Å². The van der Waals surface area contributed by atoms with Crippen LogP contribution in [0, 0.1) is 40.4 Å². The maximum atomic E-state index is 13.3. The Balaban J connectivity index is 1.39. The lowest BCUT2D eigenvalue weighted by Gasteiger charge is -2.54. The Labute approximate surface area is 336 Å². The fourth-order valence-corrected chi connectivity index (χ4v) is 11.8. The SMILES string of the molecule is CCC(CCC12C=CC(C1)C(C(CC)(CCC13C=CC(CC1)C(C(CC)(CC)OC(=O)CC(=O)O)C3)OC(=O)CC(=O)O)C2)(OC(=O)CC(=O)O)C1CC=CCC1. The van der Waals surface area contributed by atoms with Crippen molar-refractivity contribution in [1.82, 2.24) is 0 Å². The molecule has 0 radical (unpaired) electrons. The van der Waals surface area contributed by atoms with Crippen LogP contribution >= 0.6 is 0 Å². The predicted molar refractivity (Wildman–Crippen MR) is 210 cm³/mol. The Morgan fingerprint density at radius 2 is 1.07 bits per heavy atom. The molecule has 316 valence electrons. The number of esters is 3. The van der Waals surface area contributed by atoms with Gasteiger partial charge in [-0.2, -0.15) is 0 Å². The number of carbonyl (C=O) groups excluding carboxylic acids is 3. The van der Waals surface area contributed by atoms with Crippen molar-refractivity contribution >= 4 is 35.8 Å². The van der Waals surface area contributed by atoms with Crippen LogP contribution in [0.1, 0.15) is 150 Å². The van der Waals surface area contributed by atoms with Gasteiger partial charge in [0.05, 0.1) is 0 Å². The van der Waals surface area contributed by atoms with Gasteiger partial charge in [0.25, 0.3) is 0 Å². The van der Waals surface area contributed by atoms with Crippen molar-refractivity contribution in [3.05, 3.63) is 36.5 Å². The molecule has 0 heterocycles. The molecule has 0 saturated heterocycles. The summed E-state index contributed by atoms with van der Waals surface area (Å²) in [6, 6.07) is 0. The number of rotatable bonds is 22. The predicted octanol–water partition coefficient (Wildman–Crippen LogP) is 8.37. The van der Waals surface area contributed by atoms with Crippen LogP contribution in [-0.2, 0) is 43.0 Å². The molecule has 3 N–H and O–H groups in total. The fraction of sp³-hybridized carbons (Fsp3) is 0.733. The van der Waals surface area contributed by atoms with Crippen LogP contribution in [0.3, 0.4) is 0 Å². The molecular formula is C45H64O12. The van der Waals surface area contributed by atoms with Crippen LogP contribution in [0.4, 0.5) is 0 Å². The van der Waals surface area contributed by atoms with Gasteiger partial charge in [0.1, 0.15) is 36.1 Å². The highest BCUT2D eigenvalue weighted by molar-refractivity contribution is 5.91. The molecule has 0 aromatic carbocycles. The lowest BCUT2D eigenvalue weighted by Crippen LogP contribution is -2.52. The quantitative estimate of drug-likeness (QED) is 0.0411. The zero-order valence-electron chi connectivity index (χ0n) is 34.3. The number of hydrogen-bond donors (Lipinski definition) is 3. The molecule has 2 fully saturated rings. The van der Waals surface area contributed by atoms with Gasteiger partial charge in [-0.05, 0) is 125 Å². The van der Waals surface area contributed by atoms with E-state index in [0.29, 0.717) is 51.4 Å². The van der Waals surface area contributed by atoms with Gasteiger partial charge in [0.2, 0.25) is 0 Å². The average molecular weight is 797 g/mol. The molecule has 6 aliphatic rings. The molecule has 12 heteroatoms. The van der Waals surface area contributed by atoms with Gasteiger partial charge in [-0.15, -0.1) is 0 Å². The minimum absolute atomic E-state index is 0.00800. The van der Waals surface area contributed by atoms with Crippen LogP contribution in [0.25, 0.3) is 0 Å². The largest absolute Gasteiger partial charge is 0.481 e. The van der Waals surface area contributed by atoms with E-state index in [0.717, 1.165) is 51.4 Å². The van der Waals surface area contributed by atoms with E-state index < -0.39 is 71.9 Å². The first-order chi connectivity index (χ1) is 27.0. The lowest BCUT2D eigenvalue weighted by molar-refractivity contribution is -0.178. The molecule has 0 spiro atoms. The minimum Gasteiger partial charge on any atom is -0.481 e. The van der Waals surface area contributed by atoms with E-state index in [9.17, 15) is 44.1 Å². The van der Waals surface area contributed by atoms with Gasteiger partial charge in [0, 0.05) is 17.8 Å². The van der Waals surface area contributed by atoms with E-state index in [2.05, 4.69) is 36.5 Å². The molecule has 6 rings (SSSR count). The Kier molecular flexibility index (Phi) is 13.9. The number of carboxylic acids is 3. The summed E-state index contributed by atoms with van der Waals surface area (Å²) in [7, 11) is 0. The first-order valence-electron chi connectivity index (χ1n) is 21.4. The highest BCUT2D eigenvalue weighted by Crippen LogP contribution is 2.62. The smallest absolute Gasteiger partial charge is 0.317 e. The summed E-state index contributed by atoms with van der Waals surface area (Å²) >= 11 is 0. The van der Waals surface area contributed by atoms with E-state index in [4.69, 9.17) is 14.2 Å². The standard InChI is InChI=1S/C45H64O12/c1-5-43(6-2,55-38(52)24-35(46)47)33-28-41(17-14-30(33)15-18-41)20-23-45(8-4,57-40(54)26-37(50)51)34-29-42(19-16-31(34)27-42)21-22-44(7-3,32-12-10-9-11-13-32)56-39(53)25-36(48)49/h9-10,14,16-17,19,30-34H,5-8,11-13,15,18,20-29H2,1-4H3,(H,46,47)(H,48,49)(H,50,51). The Bertz CT molecular complexity index is 1620. The second kappa shape index (κ2) is 17.9. The van der Waals surface area contributed by atoms with Crippen molar-refractivity contribution in [2.75, 3.05) is 0 Å². The summed E-state index contributed by atoms with van der Waals surface area (Å²) in [5.74, 6) is -5.65. The maximum Gasteiger partial charge on any atom is 0.317 e. The molecular weight excluding hydrogens is 732 g/mol. The molecule has 4 bridgehead atoms.